The Morgan fingerprint density at radius 3 is 2.44 bits per heavy atom. The van der Waals surface area contributed by atoms with Crippen LogP contribution in [0.25, 0.3) is 0 Å². The molecule has 0 aromatic carbocycles. The Balaban J connectivity index is 1.59. The van der Waals surface area contributed by atoms with Crippen LogP contribution in [-0.4, -0.2) is 29.9 Å². The maximum absolute atomic E-state index is 12.6. The van der Waals surface area contributed by atoms with E-state index in [9.17, 15) is 4.79 Å². The van der Waals surface area contributed by atoms with Gasteiger partial charge in [-0.1, -0.05) is 12.8 Å². The van der Waals surface area contributed by atoms with Crippen molar-refractivity contribution in [3.8, 4) is 0 Å². The molecular weight excluding hydrogens is 224 g/mol. The standard InChI is InChI=1S/C15H26N2O/c1-10(16)11-5-4-8-17(9-11)15(18)14-12-6-2-3-7-13(12)14/h10-14H,2-9,16H2,1H3. The molecule has 102 valence electrons. The molecule has 4 atom stereocenters. The highest BCUT2D eigenvalue weighted by Gasteiger charge is 2.55. The first-order chi connectivity index (χ1) is 8.68. The fraction of sp³-hybridized carbons (Fsp3) is 0.933. The lowest BCUT2D eigenvalue weighted by molar-refractivity contribution is -0.135. The SMILES string of the molecule is CC(N)C1CCCN(C(=O)C2C3CCCCC32)C1. The van der Waals surface area contributed by atoms with Crippen molar-refractivity contribution in [1.29, 1.82) is 0 Å². The molecule has 0 bridgehead atoms. The molecule has 3 fully saturated rings. The first kappa shape index (κ1) is 12.5. The lowest BCUT2D eigenvalue weighted by Crippen LogP contribution is -2.45. The van der Waals surface area contributed by atoms with E-state index in [-0.39, 0.29) is 6.04 Å². The number of nitrogens with two attached hydrogens (primary N) is 1. The highest BCUT2D eigenvalue weighted by Crippen LogP contribution is 2.56. The number of carbonyl (C=O) groups is 1. The number of piperidine rings is 1. The monoisotopic (exact) mass is 250 g/mol. The highest BCUT2D eigenvalue weighted by atomic mass is 16.2. The number of amides is 1. The van der Waals surface area contributed by atoms with E-state index in [1.807, 2.05) is 0 Å². The van der Waals surface area contributed by atoms with Gasteiger partial charge in [-0.3, -0.25) is 4.79 Å². The van der Waals surface area contributed by atoms with Gasteiger partial charge in [0.25, 0.3) is 0 Å². The van der Waals surface area contributed by atoms with Crippen LogP contribution in [-0.2, 0) is 4.79 Å². The topological polar surface area (TPSA) is 46.3 Å². The molecule has 0 aromatic heterocycles. The van der Waals surface area contributed by atoms with Gasteiger partial charge in [0.05, 0.1) is 0 Å². The Labute approximate surface area is 110 Å². The summed E-state index contributed by atoms with van der Waals surface area (Å²) < 4.78 is 0. The lowest BCUT2D eigenvalue weighted by Gasteiger charge is -2.35. The fourth-order valence-corrected chi connectivity index (χ4v) is 4.21. The lowest BCUT2D eigenvalue weighted by atomic mass is 9.92. The first-order valence-corrected chi connectivity index (χ1v) is 7.73. The van der Waals surface area contributed by atoms with Gasteiger partial charge < -0.3 is 10.6 Å². The normalized spacial score (nSPS) is 41.1. The second-order valence-corrected chi connectivity index (χ2v) is 6.68. The van der Waals surface area contributed by atoms with Crippen molar-refractivity contribution in [2.75, 3.05) is 13.1 Å². The number of nitrogens with zero attached hydrogens (tertiary/aromatic N) is 1. The van der Waals surface area contributed by atoms with Crippen LogP contribution >= 0.6 is 0 Å². The molecule has 0 aromatic rings. The quantitative estimate of drug-likeness (QED) is 0.815. The molecule has 1 saturated heterocycles. The molecule has 1 aliphatic heterocycles. The van der Waals surface area contributed by atoms with Crippen LogP contribution in [0.1, 0.15) is 45.4 Å². The van der Waals surface area contributed by atoms with Gasteiger partial charge in [-0.15, -0.1) is 0 Å². The van der Waals surface area contributed by atoms with Crippen molar-refractivity contribution in [3.63, 3.8) is 0 Å². The Morgan fingerprint density at radius 2 is 1.83 bits per heavy atom. The van der Waals surface area contributed by atoms with E-state index >= 15 is 0 Å². The van der Waals surface area contributed by atoms with Crippen molar-refractivity contribution in [2.24, 2.45) is 29.4 Å². The molecule has 1 amide bonds. The summed E-state index contributed by atoms with van der Waals surface area (Å²) in [6.07, 6.45) is 7.61. The summed E-state index contributed by atoms with van der Waals surface area (Å²) in [6.45, 7) is 3.96. The molecule has 3 heteroatoms. The van der Waals surface area contributed by atoms with Crippen LogP contribution in [0.15, 0.2) is 0 Å². The van der Waals surface area contributed by atoms with Gasteiger partial charge in [0.2, 0.25) is 5.91 Å². The molecule has 3 aliphatic rings. The molecular formula is C15H26N2O. The molecule has 2 saturated carbocycles. The third kappa shape index (κ3) is 2.18. The van der Waals surface area contributed by atoms with Crippen molar-refractivity contribution in [1.82, 2.24) is 4.90 Å². The number of likely N-dealkylation sites (tertiary alicyclic amines) is 1. The highest BCUT2D eigenvalue weighted by molar-refractivity contribution is 5.82. The minimum Gasteiger partial charge on any atom is -0.342 e. The van der Waals surface area contributed by atoms with Gasteiger partial charge in [-0.2, -0.15) is 0 Å². The maximum Gasteiger partial charge on any atom is 0.226 e. The van der Waals surface area contributed by atoms with Gasteiger partial charge in [-0.25, -0.2) is 0 Å². The van der Waals surface area contributed by atoms with Gasteiger partial charge in [0.15, 0.2) is 0 Å². The van der Waals surface area contributed by atoms with E-state index in [1.165, 1.54) is 32.1 Å². The Morgan fingerprint density at radius 1 is 1.17 bits per heavy atom. The molecule has 4 unspecified atom stereocenters. The Bertz CT molecular complexity index is 316. The van der Waals surface area contributed by atoms with E-state index < -0.39 is 0 Å². The average molecular weight is 250 g/mol. The smallest absolute Gasteiger partial charge is 0.226 e. The largest absolute Gasteiger partial charge is 0.342 e. The van der Waals surface area contributed by atoms with E-state index in [4.69, 9.17) is 5.73 Å². The maximum atomic E-state index is 12.6. The van der Waals surface area contributed by atoms with E-state index in [2.05, 4.69) is 11.8 Å². The second-order valence-electron chi connectivity index (χ2n) is 6.68. The molecule has 18 heavy (non-hydrogen) atoms. The predicted molar refractivity (Wildman–Crippen MR) is 71.9 cm³/mol. The third-order valence-corrected chi connectivity index (χ3v) is 5.45. The zero-order chi connectivity index (χ0) is 12.7. The minimum atomic E-state index is 0.224. The van der Waals surface area contributed by atoms with Crippen molar-refractivity contribution < 1.29 is 4.79 Å². The summed E-state index contributed by atoms with van der Waals surface area (Å²) in [5.41, 5.74) is 6.00. The summed E-state index contributed by atoms with van der Waals surface area (Å²) in [5.74, 6) is 2.84. The van der Waals surface area contributed by atoms with Gasteiger partial charge in [-0.05, 0) is 50.4 Å². The second kappa shape index (κ2) is 4.84. The van der Waals surface area contributed by atoms with Gasteiger partial charge in [0.1, 0.15) is 0 Å². The average Bonchev–Trinajstić information content (AvgIpc) is 3.12. The minimum absolute atomic E-state index is 0.224. The first-order valence-electron chi connectivity index (χ1n) is 7.73. The summed E-state index contributed by atoms with van der Waals surface area (Å²) in [7, 11) is 0. The summed E-state index contributed by atoms with van der Waals surface area (Å²) in [4.78, 5) is 14.7. The predicted octanol–water partition coefficient (Wildman–Crippen LogP) is 2.01. The number of hydrogen-bond acceptors (Lipinski definition) is 2. The van der Waals surface area contributed by atoms with Crippen LogP contribution in [0.5, 0.6) is 0 Å². The molecule has 1 heterocycles. The molecule has 2 aliphatic carbocycles. The summed E-state index contributed by atoms with van der Waals surface area (Å²) in [5, 5.41) is 0. The summed E-state index contributed by atoms with van der Waals surface area (Å²) in [6, 6.07) is 0.224. The van der Waals surface area contributed by atoms with Crippen molar-refractivity contribution in [3.05, 3.63) is 0 Å². The molecule has 2 N–H and O–H groups in total. The van der Waals surface area contributed by atoms with Crippen LogP contribution in [0.3, 0.4) is 0 Å². The zero-order valence-corrected chi connectivity index (χ0v) is 11.5. The van der Waals surface area contributed by atoms with Crippen LogP contribution < -0.4 is 5.73 Å². The van der Waals surface area contributed by atoms with E-state index in [0.717, 1.165) is 31.3 Å². The van der Waals surface area contributed by atoms with Crippen molar-refractivity contribution >= 4 is 5.91 Å². The van der Waals surface area contributed by atoms with Gasteiger partial charge >= 0.3 is 0 Å². The van der Waals surface area contributed by atoms with Crippen molar-refractivity contribution in [2.45, 2.75) is 51.5 Å². The Hall–Kier alpha value is -0.570. The number of carbonyl (C=O) groups excluding carboxylic acids is 1. The zero-order valence-electron chi connectivity index (χ0n) is 11.5. The number of hydrogen-bond donors (Lipinski definition) is 1. The molecule has 0 radical (unpaired) electrons. The van der Waals surface area contributed by atoms with Crippen LogP contribution in [0.4, 0.5) is 0 Å². The van der Waals surface area contributed by atoms with E-state index in [0.29, 0.717) is 17.7 Å². The Kier molecular flexibility index (Phi) is 3.35. The van der Waals surface area contributed by atoms with E-state index in [1.54, 1.807) is 0 Å². The van der Waals surface area contributed by atoms with Crippen LogP contribution in [0, 0.1) is 23.7 Å². The molecule has 3 rings (SSSR count). The third-order valence-electron chi connectivity index (χ3n) is 5.45. The van der Waals surface area contributed by atoms with Gasteiger partial charge in [0, 0.05) is 25.0 Å². The number of fused-ring (bicyclic) bond motifs is 1. The molecule has 0 spiro atoms. The summed E-state index contributed by atoms with van der Waals surface area (Å²) >= 11 is 0. The fourth-order valence-electron chi connectivity index (χ4n) is 4.21. The van der Waals surface area contributed by atoms with Crippen LogP contribution in [0.2, 0.25) is 0 Å². The molecule has 3 nitrogen and oxygen atoms in total. The number of rotatable bonds is 2.